The zero-order valence-electron chi connectivity index (χ0n) is 9.55. The van der Waals surface area contributed by atoms with Crippen LogP contribution in [0.15, 0.2) is 35.8 Å². The fourth-order valence-corrected chi connectivity index (χ4v) is 2.16. The SMILES string of the molecule is COc1cccc(C(=O)CCc2nccs2)c1. The largest absolute Gasteiger partial charge is 0.497 e. The molecule has 0 radical (unpaired) electrons. The lowest BCUT2D eigenvalue weighted by Gasteiger charge is -2.03. The lowest BCUT2D eigenvalue weighted by Crippen LogP contribution is -2.01. The highest BCUT2D eigenvalue weighted by atomic mass is 32.1. The maximum atomic E-state index is 11.9. The summed E-state index contributed by atoms with van der Waals surface area (Å²) in [5.41, 5.74) is 0.695. The molecule has 2 aromatic rings. The Balaban J connectivity index is 1.99. The third kappa shape index (κ3) is 3.14. The maximum absolute atomic E-state index is 11.9. The number of ketones is 1. The van der Waals surface area contributed by atoms with Crippen LogP contribution in [0, 0.1) is 0 Å². The van der Waals surface area contributed by atoms with Crippen LogP contribution in [0.4, 0.5) is 0 Å². The molecular weight excluding hydrogens is 234 g/mol. The number of nitrogens with zero attached hydrogens (tertiary/aromatic N) is 1. The van der Waals surface area contributed by atoms with Gasteiger partial charge in [-0.1, -0.05) is 12.1 Å². The van der Waals surface area contributed by atoms with Crippen LogP contribution < -0.4 is 4.74 Å². The maximum Gasteiger partial charge on any atom is 0.163 e. The first kappa shape index (κ1) is 11.8. The van der Waals surface area contributed by atoms with Crippen LogP contribution in [-0.2, 0) is 6.42 Å². The zero-order chi connectivity index (χ0) is 12.1. The topological polar surface area (TPSA) is 39.2 Å². The second-order valence-corrected chi connectivity index (χ2v) is 4.56. The van der Waals surface area contributed by atoms with Gasteiger partial charge in [-0.15, -0.1) is 11.3 Å². The van der Waals surface area contributed by atoms with Crippen molar-refractivity contribution >= 4 is 17.1 Å². The molecular formula is C13H13NO2S. The standard InChI is InChI=1S/C13H13NO2S/c1-16-11-4-2-3-10(9-11)12(15)5-6-13-14-7-8-17-13/h2-4,7-9H,5-6H2,1H3. The van der Waals surface area contributed by atoms with Crippen LogP contribution in [0.5, 0.6) is 5.75 Å². The van der Waals surface area contributed by atoms with E-state index in [4.69, 9.17) is 4.74 Å². The minimum Gasteiger partial charge on any atom is -0.497 e. The molecule has 0 spiro atoms. The number of ether oxygens (including phenoxy) is 1. The third-order valence-electron chi connectivity index (χ3n) is 2.44. The van der Waals surface area contributed by atoms with Gasteiger partial charge in [0.2, 0.25) is 0 Å². The second-order valence-electron chi connectivity index (χ2n) is 3.58. The fraction of sp³-hybridized carbons (Fsp3) is 0.231. The average Bonchev–Trinajstić information content (AvgIpc) is 2.89. The van der Waals surface area contributed by atoms with Crippen molar-refractivity contribution in [2.75, 3.05) is 7.11 Å². The number of Topliss-reactive ketones (excluding diaryl/α,β-unsaturated/α-hetero) is 1. The van der Waals surface area contributed by atoms with Gasteiger partial charge in [0.1, 0.15) is 5.75 Å². The Morgan fingerprint density at radius 1 is 1.47 bits per heavy atom. The highest BCUT2D eigenvalue weighted by molar-refractivity contribution is 7.09. The molecule has 0 saturated heterocycles. The highest BCUT2D eigenvalue weighted by Gasteiger charge is 2.08. The van der Waals surface area contributed by atoms with Gasteiger partial charge in [0, 0.05) is 30.0 Å². The number of hydrogen-bond acceptors (Lipinski definition) is 4. The summed E-state index contributed by atoms with van der Waals surface area (Å²) < 4.78 is 5.09. The predicted molar refractivity (Wildman–Crippen MR) is 67.8 cm³/mol. The summed E-state index contributed by atoms with van der Waals surface area (Å²) in [4.78, 5) is 16.1. The van der Waals surface area contributed by atoms with Crippen molar-refractivity contribution in [3.63, 3.8) is 0 Å². The lowest BCUT2D eigenvalue weighted by molar-refractivity contribution is 0.0982. The van der Waals surface area contributed by atoms with Crippen LogP contribution in [0.3, 0.4) is 0 Å². The van der Waals surface area contributed by atoms with E-state index in [2.05, 4.69) is 4.98 Å². The molecule has 17 heavy (non-hydrogen) atoms. The van der Waals surface area contributed by atoms with Gasteiger partial charge in [-0.25, -0.2) is 4.98 Å². The number of rotatable bonds is 5. The van der Waals surface area contributed by atoms with Crippen molar-refractivity contribution in [3.8, 4) is 5.75 Å². The highest BCUT2D eigenvalue weighted by Crippen LogP contribution is 2.15. The molecule has 0 bridgehead atoms. The molecule has 3 nitrogen and oxygen atoms in total. The summed E-state index contributed by atoms with van der Waals surface area (Å²) in [6.07, 6.45) is 2.95. The van der Waals surface area contributed by atoms with Gasteiger partial charge < -0.3 is 4.74 Å². The Hall–Kier alpha value is -1.68. The van der Waals surface area contributed by atoms with Crippen LogP contribution in [0.2, 0.25) is 0 Å². The fourth-order valence-electron chi connectivity index (χ4n) is 1.54. The van der Waals surface area contributed by atoms with E-state index in [-0.39, 0.29) is 5.78 Å². The van der Waals surface area contributed by atoms with Crippen molar-refractivity contribution in [2.45, 2.75) is 12.8 Å². The van der Waals surface area contributed by atoms with E-state index >= 15 is 0 Å². The first-order valence-electron chi connectivity index (χ1n) is 5.35. The van der Waals surface area contributed by atoms with Gasteiger partial charge >= 0.3 is 0 Å². The minimum atomic E-state index is 0.124. The Kier molecular flexibility index (Phi) is 3.88. The van der Waals surface area contributed by atoms with E-state index in [1.807, 2.05) is 23.6 Å². The van der Waals surface area contributed by atoms with Crippen LogP contribution in [-0.4, -0.2) is 17.9 Å². The molecule has 0 aliphatic carbocycles. The van der Waals surface area contributed by atoms with E-state index < -0.39 is 0 Å². The van der Waals surface area contributed by atoms with Crippen molar-refractivity contribution in [3.05, 3.63) is 46.4 Å². The van der Waals surface area contributed by atoms with E-state index in [0.717, 1.165) is 5.01 Å². The molecule has 0 amide bonds. The average molecular weight is 247 g/mol. The molecule has 0 N–H and O–H groups in total. The number of methoxy groups -OCH3 is 1. The van der Waals surface area contributed by atoms with Gasteiger partial charge in [0.05, 0.1) is 12.1 Å². The number of hydrogen-bond donors (Lipinski definition) is 0. The molecule has 4 heteroatoms. The first-order chi connectivity index (χ1) is 8.29. The Morgan fingerprint density at radius 2 is 2.35 bits per heavy atom. The van der Waals surface area contributed by atoms with Crippen LogP contribution in [0.25, 0.3) is 0 Å². The van der Waals surface area contributed by atoms with Crippen LogP contribution >= 0.6 is 11.3 Å². The summed E-state index contributed by atoms with van der Waals surface area (Å²) in [7, 11) is 1.60. The molecule has 0 saturated carbocycles. The summed E-state index contributed by atoms with van der Waals surface area (Å²) in [6.45, 7) is 0. The summed E-state index contributed by atoms with van der Waals surface area (Å²) in [6, 6.07) is 7.24. The normalized spacial score (nSPS) is 10.2. The number of aromatic nitrogens is 1. The molecule has 1 aromatic carbocycles. The lowest BCUT2D eigenvalue weighted by atomic mass is 10.1. The third-order valence-corrected chi connectivity index (χ3v) is 3.28. The monoisotopic (exact) mass is 247 g/mol. The minimum absolute atomic E-state index is 0.124. The molecule has 0 fully saturated rings. The summed E-state index contributed by atoms with van der Waals surface area (Å²) >= 11 is 1.58. The quantitative estimate of drug-likeness (QED) is 0.762. The molecule has 1 heterocycles. The van der Waals surface area contributed by atoms with Crippen molar-refractivity contribution < 1.29 is 9.53 Å². The molecule has 0 aliphatic heterocycles. The Morgan fingerprint density at radius 3 is 3.06 bits per heavy atom. The smallest absolute Gasteiger partial charge is 0.163 e. The molecule has 0 atom stereocenters. The molecule has 1 aromatic heterocycles. The van der Waals surface area contributed by atoms with E-state index in [1.165, 1.54) is 0 Å². The second kappa shape index (κ2) is 5.59. The number of benzene rings is 1. The number of carbonyl (C=O) groups excluding carboxylic acids is 1. The number of carbonyl (C=O) groups is 1. The van der Waals surface area contributed by atoms with Gasteiger partial charge in [-0.2, -0.15) is 0 Å². The van der Waals surface area contributed by atoms with Crippen LogP contribution in [0.1, 0.15) is 21.8 Å². The van der Waals surface area contributed by atoms with Crippen molar-refractivity contribution in [1.82, 2.24) is 4.98 Å². The van der Waals surface area contributed by atoms with Gasteiger partial charge in [-0.05, 0) is 12.1 Å². The summed E-state index contributed by atoms with van der Waals surface area (Å²) in [5.74, 6) is 0.837. The Labute approximate surface area is 104 Å². The molecule has 0 aliphatic rings. The summed E-state index contributed by atoms with van der Waals surface area (Å²) in [5, 5.41) is 2.92. The van der Waals surface area contributed by atoms with Crippen molar-refractivity contribution in [2.24, 2.45) is 0 Å². The van der Waals surface area contributed by atoms with E-state index in [9.17, 15) is 4.79 Å². The van der Waals surface area contributed by atoms with Gasteiger partial charge in [0.15, 0.2) is 5.78 Å². The number of aryl methyl sites for hydroxylation is 1. The predicted octanol–water partition coefficient (Wildman–Crippen LogP) is 2.97. The van der Waals surface area contributed by atoms with Gasteiger partial charge in [-0.3, -0.25) is 4.79 Å². The Bertz CT molecular complexity index is 494. The van der Waals surface area contributed by atoms with E-state index in [1.54, 1.807) is 30.7 Å². The zero-order valence-corrected chi connectivity index (χ0v) is 10.4. The number of thiazole rings is 1. The van der Waals surface area contributed by atoms with E-state index in [0.29, 0.717) is 24.2 Å². The van der Waals surface area contributed by atoms with Gasteiger partial charge in [0.25, 0.3) is 0 Å². The molecule has 0 unspecified atom stereocenters. The first-order valence-corrected chi connectivity index (χ1v) is 6.23. The molecule has 2 rings (SSSR count). The molecule has 88 valence electrons. The van der Waals surface area contributed by atoms with Crippen molar-refractivity contribution in [1.29, 1.82) is 0 Å².